The molecule has 0 saturated heterocycles. The first-order valence-electron chi connectivity index (χ1n) is 8.44. The number of H-pyrrole nitrogens is 1. The maximum absolute atomic E-state index is 4.41. The molecule has 6 heteroatoms. The average Bonchev–Trinajstić information content (AvgIpc) is 3.10. The van der Waals surface area contributed by atoms with Gasteiger partial charge in [0.05, 0.1) is 17.4 Å². The molecule has 130 valence electrons. The van der Waals surface area contributed by atoms with Crippen LogP contribution in [0.4, 0.5) is 11.5 Å². The summed E-state index contributed by atoms with van der Waals surface area (Å²) < 4.78 is 0. The lowest BCUT2D eigenvalue weighted by Gasteiger charge is -2.10. The summed E-state index contributed by atoms with van der Waals surface area (Å²) in [6, 6.07) is 16.5. The van der Waals surface area contributed by atoms with Gasteiger partial charge in [-0.1, -0.05) is 24.3 Å². The van der Waals surface area contributed by atoms with Gasteiger partial charge in [0.25, 0.3) is 0 Å². The number of hydrogen-bond acceptors (Lipinski definition) is 5. The van der Waals surface area contributed by atoms with Crippen LogP contribution in [0.15, 0.2) is 61.1 Å². The molecule has 0 aliphatic carbocycles. The van der Waals surface area contributed by atoms with Crippen molar-refractivity contribution in [1.29, 1.82) is 0 Å². The summed E-state index contributed by atoms with van der Waals surface area (Å²) in [5.74, 6) is 0.759. The number of benzene rings is 2. The Bertz CT molecular complexity index is 1020. The van der Waals surface area contributed by atoms with Gasteiger partial charge in [0.2, 0.25) is 0 Å². The Labute approximate surface area is 151 Å². The Morgan fingerprint density at radius 1 is 1.00 bits per heavy atom. The van der Waals surface area contributed by atoms with Crippen molar-refractivity contribution in [3.8, 4) is 11.3 Å². The minimum Gasteiger partial charge on any atom is -0.340 e. The van der Waals surface area contributed by atoms with Crippen LogP contribution >= 0.6 is 0 Å². The van der Waals surface area contributed by atoms with Crippen molar-refractivity contribution in [3.63, 3.8) is 0 Å². The summed E-state index contributed by atoms with van der Waals surface area (Å²) in [5, 5.41) is 11.4. The van der Waals surface area contributed by atoms with E-state index in [0.29, 0.717) is 0 Å². The van der Waals surface area contributed by atoms with E-state index in [1.807, 2.05) is 24.3 Å². The Morgan fingerprint density at radius 3 is 2.65 bits per heavy atom. The minimum atomic E-state index is 0.759. The quantitative estimate of drug-likeness (QED) is 0.576. The van der Waals surface area contributed by atoms with Gasteiger partial charge >= 0.3 is 0 Å². The molecule has 0 atom stereocenters. The molecule has 0 fully saturated rings. The van der Waals surface area contributed by atoms with Crippen LogP contribution in [0.25, 0.3) is 22.2 Å². The maximum Gasteiger partial charge on any atom is 0.134 e. The van der Waals surface area contributed by atoms with Crippen LogP contribution in [0.2, 0.25) is 0 Å². The van der Waals surface area contributed by atoms with Crippen LogP contribution in [-0.4, -0.2) is 39.2 Å². The molecule has 0 spiro atoms. The average molecular weight is 344 g/mol. The van der Waals surface area contributed by atoms with Gasteiger partial charge in [-0.15, -0.1) is 0 Å². The van der Waals surface area contributed by atoms with Gasteiger partial charge in [-0.2, -0.15) is 5.10 Å². The molecule has 0 aliphatic heterocycles. The molecule has 4 rings (SSSR count). The number of aromatic nitrogens is 4. The topological polar surface area (TPSA) is 69.7 Å². The van der Waals surface area contributed by atoms with Crippen LogP contribution < -0.4 is 5.32 Å². The highest BCUT2D eigenvalue weighted by atomic mass is 15.1. The molecule has 6 nitrogen and oxygen atoms in total. The highest BCUT2D eigenvalue weighted by molar-refractivity contribution is 5.82. The standard InChI is InChI=1S/C20H20N6/c1-26(2)12-14-3-5-15(6-4-14)19-10-20(22-13-21-19)24-17-7-8-18-16(9-17)11-23-25-18/h3-11,13H,12H2,1-2H3,(H,23,25)(H,21,22,24). The van der Waals surface area contributed by atoms with E-state index in [-0.39, 0.29) is 0 Å². The number of nitrogens with zero attached hydrogens (tertiary/aromatic N) is 4. The molecule has 0 unspecified atom stereocenters. The van der Waals surface area contributed by atoms with E-state index in [1.165, 1.54) is 5.56 Å². The molecule has 4 aromatic rings. The van der Waals surface area contributed by atoms with Gasteiger partial charge in [-0.3, -0.25) is 5.10 Å². The third kappa shape index (κ3) is 3.55. The predicted molar refractivity (Wildman–Crippen MR) is 104 cm³/mol. The molecule has 2 aromatic carbocycles. The van der Waals surface area contributed by atoms with E-state index in [1.54, 1.807) is 12.5 Å². The number of hydrogen-bond donors (Lipinski definition) is 2. The molecule has 0 radical (unpaired) electrons. The maximum atomic E-state index is 4.41. The number of nitrogens with one attached hydrogen (secondary N) is 2. The zero-order valence-corrected chi connectivity index (χ0v) is 14.8. The number of fused-ring (bicyclic) bond motifs is 1. The summed E-state index contributed by atoms with van der Waals surface area (Å²) in [6.45, 7) is 0.924. The van der Waals surface area contributed by atoms with Crippen LogP contribution in [0, 0.1) is 0 Å². The van der Waals surface area contributed by atoms with E-state index in [0.717, 1.165) is 40.2 Å². The van der Waals surface area contributed by atoms with E-state index < -0.39 is 0 Å². The van der Waals surface area contributed by atoms with Crippen molar-refractivity contribution in [2.75, 3.05) is 19.4 Å². The molecule has 0 amide bonds. The second kappa shape index (κ2) is 6.93. The van der Waals surface area contributed by atoms with Crippen LogP contribution in [0.3, 0.4) is 0 Å². The van der Waals surface area contributed by atoms with Crippen LogP contribution in [-0.2, 0) is 6.54 Å². The molecular formula is C20H20N6. The molecular weight excluding hydrogens is 324 g/mol. The van der Waals surface area contributed by atoms with E-state index >= 15 is 0 Å². The van der Waals surface area contributed by atoms with E-state index in [4.69, 9.17) is 0 Å². The Kier molecular flexibility index (Phi) is 4.33. The lowest BCUT2D eigenvalue weighted by atomic mass is 10.1. The van der Waals surface area contributed by atoms with Gasteiger partial charge in [0.15, 0.2) is 0 Å². The summed E-state index contributed by atoms with van der Waals surface area (Å²) in [4.78, 5) is 10.9. The lowest BCUT2D eigenvalue weighted by molar-refractivity contribution is 0.402. The summed E-state index contributed by atoms with van der Waals surface area (Å²) in [5.41, 5.74) is 5.22. The molecule has 2 N–H and O–H groups in total. The summed E-state index contributed by atoms with van der Waals surface area (Å²) in [7, 11) is 4.13. The number of aromatic amines is 1. The van der Waals surface area contributed by atoms with Crippen molar-refractivity contribution in [3.05, 3.63) is 66.6 Å². The van der Waals surface area contributed by atoms with E-state index in [9.17, 15) is 0 Å². The first-order valence-corrected chi connectivity index (χ1v) is 8.44. The lowest BCUT2D eigenvalue weighted by Crippen LogP contribution is -2.10. The molecule has 0 saturated carbocycles. The molecule has 2 heterocycles. The molecule has 0 bridgehead atoms. The van der Waals surface area contributed by atoms with Gasteiger partial charge in [-0.05, 0) is 37.9 Å². The second-order valence-corrected chi connectivity index (χ2v) is 6.52. The number of rotatable bonds is 5. The highest BCUT2D eigenvalue weighted by Gasteiger charge is 2.05. The third-order valence-corrected chi connectivity index (χ3v) is 4.13. The van der Waals surface area contributed by atoms with Gasteiger partial charge in [0.1, 0.15) is 12.1 Å². The van der Waals surface area contributed by atoms with Crippen molar-refractivity contribution in [1.82, 2.24) is 25.1 Å². The SMILES string of the molecule is CN(C)Cc1ccc(-c2cc(Nc3ccc4[nH]ncc4c3)ncn2)cc1. The largest absolute Gasteiger partial charge is 0.340 e. The normalized spacial score (nSPS) is 11.2. The van der Waals surface area contributed by atoms with Crippen molar-refractivity contribution < 1.29 is 0 Å². The first kappa shape index (κ1) is 16.2. The van der Waals surface area contributed by atoms with Crippen molar-refractivity contribution in [2.24, 2.45) is 0 Å². The fourth-order valence-corrected chi connectivity index (χ4v) is 2.90. The van der Waals surface area contributed by atoms with Crippen molar-refractivity contribution in [2.45, 2.75) is 6.54 Å². The van der Waals surface area contributed by atoms with E-state index in [2.05, 4.69) is 68.7 Å². The Hall–Kier alpha value is -3.25. The fraction of sp³-hybridized carbons (Fsp3) is 0.150. The van der Waals surface area contributed by atoms with Crippen LogP contribution in [0.1, 0.15) is 5.56 Å². The summed E-state index contributed by atoms with van der Waals surface area (Å²) in [6.07, 6.45) is 3.39. The minimum absolute atomic E-state index is 0.759. The zero-order chi connectivity index (χ0) is 17.9. The monoisotopic (exact) mass is 344 g/mol. The molecule has 0 aliphatic rings. The Morgan fingerprint density at radius 2 is 1.85 bits per heavy atom. The molecule has 26 heavy (non-hydrogen) atoms. The van der Waals surface area contributed by atoms with Crippen molar-refractivity contribution >= 4 is 22.4 Å². The Balaban J connectivity index is 1.56. The van der Waals surface area contributed by atoms with Gasteiger partial charge in [-0.25, -0.2) is 9.97 Å². The third-order valence-electron chi connectivity index (χ3n) is 4.13. The molecule has 2 aromatic heterocycles. The predicted octanol–water partition coefficient (Wildman–Crippen LogP) is 3.83. The smallest absolute Gasteiger partial charge is 0.134 e. The fourth-order valence-electron chi connectivity index (χ4n) is 2.90. The highest BCUT2D eigenvalue weighted by Crippen LogP contribution is 2.23. The summed E-state index contributed by atoms with van der Waals surface area (Å²) >= 11 is 0. The zero-order valence-electron chi connectivity index (χ0n) is 14.8. The van der Waals surface area contributed by atoms with Gasteiger partial charge in [0, 0.05) is 29.2 Å². The van der Waals surface area contributed by atoms with Crippen LogP contribution in [0.5, 0.6) is 0 Å². The first-order chi connectivity index (χ1) is 12.7. The number of anilines is 2. The second-order valence-electron chi connectivity index (χ2n) is 6.52. The van der Waals surface area contributed by atoms with Gasteiger partial charge < -0.3 is 10.2 Å².